The van der Waals surface area contributed by atoms with Gasteiger partial charge in [0.2, 0.25) is 5.91 Å². The van der Waals surface area contributed by atoms with Gasteiger partial charge in [0.05, 0.1) is 6.04 Å². The maximum atomic E-state index is 12.8. The lowest BCUT2D eigenvalue weighted by Gasteiger charge is -2.56. The molecule has 0 aromatic rings. The summed E-state index contributed by atoms with van der Waals surface area (Å²) in [7, 11) is 2.23. The van der Waals surface area contributed by atoms with E-state index in [1.807, 2.05) is 6.92 Å². The minimum Gasteiger partial charge on any atom is -0.332 e. The predicted molar refractivity (Wildman–Crippen MR) is 117 cm³/mol. The highest BCUT2D eigenvalue weighted by Crippen LogP contribution is 2.55. The van der Waals surface area contributed by atoms with Crippen LogP contribution in [-0.4, -0.2) is 66.5 Å². The lowest BCUT2D eigenvalue weighted by Crippen LogP contribution is -2.62. The lowest BCUT2D eigenvalue weighted by atomic mass is 9.53. The number of likely N-dealkylation sites (tertiary alicyclic amines) is 1. The first-order valence-electron chi connectivity index (χ1n) is 12.4. The van der Waals surface area contributed by atoms with E-state index < -0.39 is 0 Å². The van der Waals surface area contributed by atoms with E-state index >= 15 is 0 Å². The van der Waals surface area contributed by atoms with Crippen molar-refractivity contribution in [1.29, 1.82) is 0 Å². The van der Waals surface area contributed by atoms with Gasteiger partial charge < -0.3 is 10.2 Å². The van der Waals surface area contributed by atoms with Crippen LogP contribution >= 0.6 is 0 Å². The monoisotopic (exact) mass is 416 g/mol. The van der Waals surface area contributed by atoms with Gasteiger partial charge in [-0.2, -0.15) is 0 Å². The third kappa shape index (κ3) is 4.55. The first-order chi connectivity index (χ1) is 14.4. The van der Waals surface area contributed by atoms with E-state index in [9.17, 15) is 9.59 Å². The molecule has 6 fully saturated rings. The number of imide groups is 1. The van der Waals surface area contributed by atoms with Crippen molar-refractivity contribution in [2.45, 2.75) is 76.3 Å². The highest BCUT2D eigenvalue weighted by Gasteiger charge is 2.51. The van der Waals surface area contributed by atoms with Crippen molar-refractivity contribution < 1.29 is 9.59 Å². The van der Waals surface area contributed by atoms with Crippen LogP contribution in [0.4, 0.5) is 4.79 Å². The minimum absolute atomic E-state index is 0.0484. The van der Waals surface area contributed by atoms with Gasteiger partial charge in [0.15, 0.2) is 0 Å². The SMILES string of the molecule is C[C@H](C(=O)NC(=O)NC12CC3CC(CC(C3)C1)C2)N1CC[C@@H](CN(C)CC2CC2)C1. The third-order valence-corrected chi connectivity index (χ3v) is 8.73. The number of urea groups is 1. The van der Waals surface area contributed by atoms with Crippen LogP contribution in [0.5, 0.6) is 0 Å². The molecule has 0 spiro atoms. The number of hydrogen-bond donors (Lipinski definition) is 2. The molecule has 3 amide bonds. The van der Waals surface area contributed by atoms with E-state index in [1.54, 1.807) is 0 Å². The molecule has 30 heavy (non-hydrogen) atoms. The summed E-state index contributed by atoms with van der Waals surface area (Å²) in [5, 5.41) is 5.94. The van der Waals surface area contributed by atoms with Gasteiger partial charge in [-0.1, -0.05) is 0 Å². The van der Waals surface area contributed by atoms with Crippen molar-refractivity contribution >= 4 is 11.9 Å². The number of hydrogen-bond acceptors (Lipinski definition) is 4. The Morgan fingerprint density at radius 2 is 1.60 bits per heavy atom. The Labute approximate surface area is 181 Å². The Morgan fingerprint density at radius 3 is 2.20 bits per heavy atom. The van der Waals surface area contributed by atoms with Gasteiger partial charge in [0.25, 0.3) is 0 Å². The summed E-state index contributed by atoms with van der Waals surface area (Å²) < 4.78 is 0. The number of nitrogens with one attached hydrogen (secondary N) is 2. The van der Waals surface area contributed by atoms with Gasteiger partial charge in [-0.25, -0.2) is 4.79 Å². The molecule has 2 atom stereocenters. The predicted octanol–water partition coefficient (Wildman–Crippen LogP) is 2.83. The zero-order chi connectivity index (χ0) is 20.9. The molecule has 0 aromatic heterocycles. The zero-order valence-corrected chi connectivity index (χ0v) is 18.9. The maximum absolute atomic E-state index is 12.8. The van der Waals surface area contributed by atoms with E-state index in [-0.39, 0.29) is 23.5 Å². The van der Waals surface area contributed by atoms with Crippen LogP contribution < -0.4 is 10.6 Å². The number of carbonyl (C=O) groups is 2. The van der Waals surface area contributed by atoms with Crippen LogP contribution in [-0.2, 0) is 4.79 Å². The molecule has 0 aromatic carbocycles. The average Bonchev–Trinajstić information content (AvgIpc) is 3.34. The van der Waals surface area contributed by atoms with Gasteiger partial charge in [-0.3, -0.25) is 15.0 Å². The van der Waals surface area contributed by atoms with Crippen molar-refractivity contribution in [3.8, 4) is 0 Å². The number of nitrogens with zero attached hydrogens (tertiary/aromatic N) is 2. The molecule has 6 nitrogen and oxygen atoms in total. The fraction of sp³-hybridized carbons (Fsp3) is 0.917. The summed E-state index contributed by atoms with van der Waals surface area (Å²) in [5.74, 6) is 3.75. The molecule has 2 N–H and O–H groups in total. The van der Waals surface area contributed by atoms with Crippen molar-refractivity contribution in [1.82, 2.24) is 20.4 Å². The number of rotatable bonds is 7. The highest BCUT2D eigenvalue weighted by atomic mass is 16.2. The highest BCUT2D eigenvalue weighted by molar-refractivity contribution is 5.97. The van der Waals surface area contributed by atoms with Crippen LogP contribution in [0.25, 0.3) is 0 Å². The van der Waals surface area contributed by atoms with Gasteiger partial charge in [0.1, 0.15) is 0 Å². The van der Waals surface area contributed by atoms with Gasteiger partial charge in [-0.05, 0) is 108 Å². The average molecular weight is 417 g/mol. The normalized spacial score (nSPS) is 38.8. The molecule has 6 rings (SSSR count). The third-order valence-electron chi connectivity index (χ3n) is 8.73. The summed E-state index contributed by atoms with van der Waals surface area (Å²) in [4.78, 5) is 30.2. The fourth-order valence-electron chi connectivity index (χ4n) is 7.54. The van der Waals surface area contributed by atoms with Crippen LogP contribution in [0.3, 0.4) is 0 Å². The van der Waals surface area contributed by atoms with Crippen molar-refractivity contribution in [3.05, 3.63) is 0 Å². The van der Waals surface area contributed by atoms with Crippen molar-refractivity contribution in [2.75, 3.05) is 33.2 Å². The second-order valence-corrected chi connectivity index (χ2v) is 11.6. The second kappa shape index (κ2) is 8.09. The molecule has 6 aliphatic rings. The van der Waals surface area contributed by atoms with Crippen LogP contribution in [0.2, 0.25) is 0 Å². The van der Waals surface area contributed by atoms with Crippen molar-refractivity contribution in [2.24, 2.45) is 29.6 Å². The molecular weight excluding hydrogens is 376 g/mol. The van der Waals surface area contributed by atoms with Crippen LogP contribution in [0.15, 0.2) is 0 Å². The largest absolute Gasteiger partial charge is 0.332 e. The van der Waals surface area contributed by atoms with Crippen LogP contribution in [0.1, 0.15) is 64.7 Å². The second-order valence-electron chi connectivity index (χ2n) is 11.6. The first-order valence-corrected chi connectivity index (χ1v) is 12.4. The summed E-state index contributed by atoms with van der Waals surface area (Å²) in [6, 6.07) is -0.514. The van der Waals surface area contributed by atoms with E-state index in [0.717, 1.165) is 69.0 Å². The first kappa shape index (κ1) is 20.7. The van der Waals surface area contributed by atoms with E-state index in [2.05, 4.69) is 27.5 Å². The molecule has 6 heteroatoms. The molecule has 0 radical (unpaired) electrons. The van der Waals surface area contributed by atoms with Crippen molar-refractivity contribution in [3.63, 3.8) is 0 Å². The maximum Gasteiger partial charge on any atom is 0.321 e. The number of carbonyl (C=O) groups excluding carboxylic acids is 2. The molecule has 1 aliphatic heterocycles. The van der Waals surface area contributed by atoms with Gasteiger partial charge >= 0.3 is 6.03 Å². The lowest BCUT2D eigenvalue weighted by molar-refractivity contribution is -0.124. The summed E-state index contributed by atoms with van der Waals surface area (Å²) >= 11 is 0. The number of amides is 3. The van der Waals surface area contributed by atoms with Gasteiger partial charge in [0, 0.05) is 25.2 Å². The molecule has 4 bridgehead atoms. The van der Waals surface area contributed by atoms with E-state index in [1.165, 1.54) is 38.6 Å². The molecule has 5 aliphatic carbocycles. The quantitative estimate of drug-likeness (QED) is 0.670. The van der Waals surface area contributed by atoms with E-state index in [0.29, 0.717) is 5.92 Å². The molecule has 168 valence electrons. The van der Waals surface area contributed by atoms with E-state index in [4.69, 9.17) is 0 Å². The summed E-state index contributed by atoms with van der Waals surface area (Å²) in [6.45, 7) is 6.20. The Kier molecular flexibility index (Phi) is 5.59. The van der Waals surface area contributed by atoms with Crippen LogP contribution in [0, 0.1) is 29.6 Å². The zero-order valence-electron chi connectivity index (χ0n) is 18.9. The fourth-order valence-corrected chi connectivity index (χ4v) is 7.54. The smallest absolute Gasteiger partial charge is 0.321 e. The molecule has 5 saturated carbocycles. The molecular formula is C24H40N4O2. The Morgan fingerprint density at radius 1 is 1.00 bits per heavy atom. The standard InChI is InChI=1S/C24H40N4O2/c1-16(28-6-5-18(15-28)14-27(2)13-17-3-4-17)22(29)25-23(30)26-24-10-19-7-20(11-24)9-21(8-19)12-24/h16-21H,3-15H2,1-2H3,(H2,25,26,29,30)/t16-,18+,19?,20?,21?,24?/m1/s1. The molecule has 0 unspecified atom stereocenters. The minimum atomic E-state index is -0.270. The Hall–Kier alpha value is -1.14. The summed E-state index contributed by atoms with van der Waals surface area (Å²) in [6.07, 6.45) is 11.3. The molecule has 1 saturated heterocycles. The Bertz CT molecular complexity index is 641. The Balaban J connectivity index is 1.08. The van der Waals surface area contributed by atoms with Gasteiger partial charge in [-0.15, -0.1) is 0 Å². The topological polar surface area (TPSA) is 64.7 Å². The summed E-state index contributed by atoms with van der Waals surface area (Å²) in [5.41, 5.74) is -0.0484. The molecule has 1 heterocycles.